The molecular weight excluding hydrogens is 398 g/mol. The first kappa shape index (κ1) is 21.9. The number of ketones is 1. The van der Waals surface area contributed by atoms with Gasteiger partial charge in [-0.15, -0.1) is 0 Å². The SMILES string of the molecule is O=C(COc1ccccc1)c1ccc(O)c(CNC(Cc2ccccc2)C(=O)O)c1O. The fraction of sp³-hybridized carbons (Fsp3) is 0.167. The van der Waals surface area contributed by atoms with Crippen LogP contribution in [0.2, 0.25) is 0 Å². The van der Waals surface area contributed by atoms with Crippen LogP contribution in [0.15, 0.2) is 72.8 Å². The van der Waals surface area contributed by atoms with Gasteiger partial charge in [0.25, 0.3) is 0 Å². The van der Waals surface area contributed by atoms with Gasteiger partial charge < -0.3 is 20.1 Å². The summed E-state index contributed by atoms with van der Waals surface area (Å²) >= 11 is 0. The van der Waals surface area contributed by atoms with Crippen molar-refractivity contribution in [1.82, 2.24) is 5.32 Å². The fourth-order valence-electron chi connectivity index (χ4n) is 3.09. The highest BCUT2D eigenvalue weighted by molar-refractivity contribution is 6.00. The minimum atomic E-state index is -1.06. The van der Waals surface area contributed by atoms with Crippen LogP contribution in [0.4, 0.5) is 0 Å². The van der Waals surface area contributed by atoms with Crippen molar-refractivity contribution in [3.63, 3.8) is 0 Å². The number of aliphatic carboxylic acids is 1. The Hall–Kier alpha value is -3.84. The topological polar surface area (TPSA) is 116 Å². The van der Waals surface area contributed by atoms with E-state index >= 15 is 0 Å². The molecule has 3 aromatic carbocycles. The summed E-state index contributed by atoms with van der Waals surface area (Å²) in [6.07, 6.45) is 0.223. The van der Waals surface area contributed by atoms with E-state index in [1.807, 2.05) is 36.4 Å². The van der Waals surface area contributed by atoms with Gasteiger partial charge in [-0.2, -0.15) is 0 Å². The quantitative estimate of drug-likeness (QED) is 0.372. The molecule has 0 spiro atoms. The van der Waals surface area contributed by atoms with Crippen molar-refractivity contribution in [1.29, 1.82) is 0 Å². The molecule has 3 rings (SSSR count). The first-order chi connectivity index (χ1) is 15.0. The summed E-state index contributed by atoms with van der Waals surface area (Å²) in [6.45, 7) is -0.427. The van der Waals surface area contributed by atoms with Gasteiger partial charge in [-0.05, 0) is 36.2 Å². The van der Waals surface area contributed by atoms with E-state index in [0.29, 0.717) is 5.75 Å². The average molecular weight is 421 g/mol. The van der Waals surface area contributed by atoms with Crippen molar-refractivity contribution in [2.24, 2.45) is 0 Å². The molecule has 0 amide bonds. The number of phenols is 2. The Balaban J connectivity index is 1.70. The van der Waals surface area contributed by atoms with Crippen LogP contribution in [-0.4, -0.2) is 39.7 Å². The summed E-state index contributed by atoms with van der Waals surface area (Å²) < 4.78 is 5.43. The molecular formula is C24H23NO6. The summed E-state index contributed by atoms with van der Waals surface area (Å²) in [5.74, 6) is -1.67. The lowest BCUT2D eigenvalue weighted by Gasteiger charge is -2.17. The number of carbonyl (C=O) groups is 2. The minimum absolute atomic E-state index is 0.0135. The van der Waals surface area contributed by atoms with E-state index in [0.717, 1.165) is 5.56 Å². The fourth-order valence-corrected chi connectivity index (χ4v) is 3.09. The summed E-state index contributed by atoms with van der Waals surface area (Å²) in [6, 6.07) is 19.6. The third kappa shape index (κ3) is 5.83. The summed E-state index contributed by atoms with van der Waals surface area (Å²) in [5, 5.41) is 33.1. The summed E-state index contributed by atoms with van der Waals surface area (Å²) in [4.78, 5) is 24.1. The highest BCUT2D eigenvalue weighted by atomic mass is 16.5. The molecule has 0 radical (unpaired) electrons. The van der Waals surface area contributed by atoms with E-state index in [2.05, 4.69) is 5.32 Å². The van der Waals surface area contributed by atoms with Crippen molar-refractivity contribution in [3.05, 3.63) is 89.5 Å². The summed E-state index contributed by atoms with van der Waals surface area (Å²) in [5.41, 5.74) is 0.864. The molecule has 1 atom stereocenters. The number of carboxylic acid groups (broad SMARTS) is 1. The maximum Gasteiger partial charge on any atom is 0.321 e. The molecule has 3 aromatic rings. The molecule has 0 saturated carbocycles. The number of para-hydroxylation sites is 1. The van der Waals surface area contributed by atoms with Crippen molar-refractivity contribution in [3.8, 4) is 17.2 Å². The van der Waals surface area contributed by atoms with Gasteiger partial charge >= 0.3 is 5.97 Å². The van der Waals surface area contributed by atoms with Gasteiger partial charge in [-0.25, -0.2) is 0 Å². The number of Topliss-reactive ketones (excluding diaryl/α,β-unsaturated/α-hetero) is 1. The predicted molar refractivity (Wildman–Crippen MR) is 114 cm³/mol. The minimum Gasteiger partial charge on any atom is -0.507 e. The maximum absolute atomic E-state index is 12.5. The zero-order valence-electron chi connectivity index (χ0n) is 16.7. The molecule has 0 aliphatic heterocycles. The molecule has 7 heteroatoms. The van der Waals surface area contributed by atoms with Crippen LogP contribution in [0.3, 0.4) is 0 Å². The molecule has 0 aromatic heterocycles. The Morgan fingerprint density at radius 3 is 2.19 bits per heavy atom. The summed E-state index contributed by atoms with van der Waals surface area (Å²) in [7, 11) is 0. The highest BCUT2D eigenvalue weighted by Gasteiger charge is 2.22. The van der Waals surface area contributed by atoms with E-state index in [-0.39, 0.29) is 36.4 Å². The largest absolute Gasteiger partial charge is 0.507 e. The van der Waals surface area contributed by atoms with Crippen LogP contribution in [0.1, 0.15) is 21.5 Å². The molecule has 4 N–H and O–H groups in total. The second-order valence-electron chi connectivity index (χ2n) is 6.95. The molecule has 0 aliphatic carbocycles. The second kappa shape index (κ2) is 10.3. The number of aromatic hydroxyl groups is 2. The molecule has 0 saturated heterocycles. The van der Waals surface area contributed by atoms with Gasteiger partial charge in [-0.3, -0.25) is 14.9 Å². The van der Waals surface area contributed by atoms with Crippen molar-refractivity contribution >= 4 is 11.8 Å². The van der Waals surface area contributed by atoms with Crippen LogP contribution < -0.4 is 10.1 Å². The van der Waals surface area contributed by atoms with Gasteiger partial charge in [0.2, 0.25) is 5.78 Å². The van der Waals surface area contributed by atoms with Gasteiger partial charge in [-0.1, -0.05) is 48.5 Å². The van der Waals surface area contributed by atoms with E-state index in [9.17, 15) is 24.9 Å². The van der Waals surface area contributed by atoms with Gasteiger partial charge in [0.1, 0.15) is 23.3 Å². The number of carbonyl (C=O) groups excluding carboxylic acids is 1. The van der Waals surface area contributed by atoms with E-state index in [1.54, 1.807) is 24.3 Å². The molecule has 31 heavy (non-hydrogen) atoms. The van der Waals surface area contributed by atoms with E-state index < -0.39 is 23.5 Å². The number of benzene rings is 3. The first-order valence-corrected chi connectivity index (χ1v) is 9.70. The zero-order valence-corrected chi connectivity index (χ0v) is 16.7. The lowest BCUT2D eigenvalue weighted by atomic mass is 10.0. The van der Waals surface area contributed by atoms with Gasteiger partial charge in [0.15, 0.2) is 6.61 Å². The van der Waals surface area contributed by atoms with Crippen LogP contribution in [-0.2, 0) is 17.8 Å². The molecule has 7 nitrogen and oxygen atoms in total. The molecule has 1 unspecified atom stereocenters. The molecule has 0 bridgehead atoms. The molecule has 160 valence electrons. The second-order valence-corrected chi connectivity index (χ2v) is 6.95. The third-order valence-electron chi connectivity index (χ3n) is 4.78. The molecule has 0 aliphatic rings. The van der Waals surface area contributed by atoms with Crippen molar-refractivity contribution in [2.45, 2.75) is 19.0 Å². The third-order valence-corrected chi connectivity index (χ3v) is 4.78. The van der Waals surface area contributed by atoms with Crippen LogP contribution in [0, 0.1) is 0 Å². The number of hydrogen-bond donors (Lipinski definition) is 4. The van der Waals surface area contributed by atoms with E-state index in [4.69, 9.17) is 4.74 Å². The molecule has 0 heterocycles. The predicted octanol–water partition coefficient (Wildman–Crippen LogP) is 3.15. The monoisotopic (exact) mass is 421 g/mol. The Labute approximate surface area is 179 Å². The van der Waals surface area contributed by atoms with Crippen LogP contribution in [0.25, 0.3) is 0 Å². The Morgan fingerprint density at radius 2 is 1.55 bits per heavy atom. The smallest absolute Gasteiger partial charge is 0.321 e. The standard InChI is InChI=1S/C24H23NO6/c26-21-12-11-18(22(27)15-31-17-9-5-2-6-10-17)23(28)19(21)14-25-20(24(29)30)13-16-7-3-1-4-8-16/h1-12,20,25-26,28H,13-15H2,(H,29,30). The van der Waals surface area contributed by atoms with Crippen LogP contribution >= 0.6 is 0 Å². The van der Waals surface area contributed by atoms with Gasteiger partial charge in [0, 0.05) is 6.54 Å². The number of carboxylic acids is 1. The Morgan fingerprint density at radius 1 is 0.903 bits per heavy atom. The lowest BCUT2D eigenvalue weighted by Crippen LogP contribution is -2.38. The van der Waals surface area contributed by atoms with E-state index in [1.165, 1.54) is 12.1 Å². The lowest BCUT2D eigenvalue weighted by molar-refractivity contribution is -0.139. The number of ether oxygens (including phenoxy) is 1. The van der Waals surface area contributed by atoms with Crippen LogP contribution in [0.5, 0.6) is 17.2 Å². The maximum atomic E-state index is 12.5. The first-order valence-electron chi connectivity index (χ1n) is 9.70. The highest BCUT2D eigenvalue weighted by Crippen LogP contribution is 2.31. The number of phenolic OH excluding ortho intramolecular Hbond substituents is 2. The van der Waals surface area contributed by atoms with Crippen molar-refractivity contribution in [2.75, 3.05) is 6.61 Å². The normalized spacial score (nSPS) is 11.6. The number of nitrogens with one attached hydrogen (secondary N) is 1. The van der Waals surface area contributed by atoms with Crippen molar-refractivity contribution < 1.29 is 29.6 Å². The molecule has 0 fully saturated rings. The zero-order chi connectivity index (χ0) is 22.2. The Bertz CT molecular complexity index is 1040. The number of hydrogen-bond acceptors (Lipinski definition) is 6. The average Bonchev–Trinajstić information content (AvgIpc) is 2.78. The number of rotatable bonds is 10. The van der Waals surface area contributed by atoms with Gasteiger partial charge in [0.05, 0.1) is 11.1 Å². The Kier molecular flexibility index (Phi) is 7.24.